The Hall–Kier alpha value is -3.76. The van der Waals surface area contributed by atoms with Crippen LogP contribution in [-0.2, 0) is 33.4 Å². The maximum atomic E-state index is 13.7. The minimum Gasteiger partial charge on any atom is -0.392 e. The lowest BCUT2D eigenvalue weighted by Gasteiger charge is -2.39. The highest BCUT2D eigenvalue weighted by Gasteiger charge is 2.71. The number of amides is 1. The van der Waals surface area contributed by atoms with Gasteiger partial charge in [0.15, 0.2) is 0 Å². The molecule has 0 unspecified atom stereocenters. The van der Waals surface area contributed by atoms with Gasteiger partial charge in [-0.15, -0.1) is 0 Å². The molecule has 0 saturated carbocycles. The van der Waals surface area contributed by atoms with E-state index in [4.69, 9.17) is 0 Å². The number of aromatic nitrogens is 1. The Kier molecular flexibility index (Phi) is 8.28. The molecule has 2 aromatic carbocycles. The molecule has 3 N–H and O–H groups in total. The van der Waals surface area contributed by atoms with Gasteiger partial charge in [-0.2, -0.15) is 26.3 Å². The summed E-state index contributed by atoms with van der Waals surface area (Å²) in [5.74, 6) is -1.53. The molecule has 0 spiro atoms. The van der Waals surface area contributed by atoms with Gasteiger partial charge in [-0.05, 0) is 54.8 Å². The van der Waals surface area contributed by atoms with Gasteiger partial charge < -0.3 is 15.5 Å². The first-order valence-electron chi connectivity index (χ1n) is 12.1. The van der Waals surface area contributed by atoms with Crippen molar-refractivity contribution in [1.29, 1.82) is 0 Å². The van der Waals surface area contributed by atoms with Gasteiger partial charge in [0.05, 0.1) is 23.2 Å². The summed E-state index contributed by atoms with van der Waals surface area (Å²) in [6.45, 7) is -0.476. The molecular weight excluding hydrogens is 599 g/mol. The number of nitrogens with one attached hydrogen (secondary N) is 1. The molecule has 0 radical (unpaired) electrons. The lowest BCUT2D eigenvalue weighted by atomic mass is 9.87. The number of nitrogens with zero attached hydrogens (tertiary/aromatic N) is 2. The van der Waals surface area contributed by atoms with E-state index in [-0.39, 0.29) is 35.5 Å². The molecule has 16 heteroatoms. The van der Waals surface area contributed by atoms with E-state index in [0.717, 1.165) is 24.3 Å². The van der Waals surface area contributed by atoms with Crippen molar-refractivity contribution in [2.24, 2.45) is 0 Å². The number of benzene rings is 2. The van der Waals surface area contributed by atoms with Crippen LogP contribution in [0.25, 0.3) is 0 Å². The number of rotatable bonds is 7. The van der Waals surface area contributed by atoms with Crippen molar-refractivity contribution in [3.63, 3.8) is 0 Å². The number of aryl methyl sites for hydroxylation is 1. The van der Waals surface area contributed by atoms with E-state index in [9.17, 15) is 54.2 Å². The van der Waals surface area contributed by atoms with Gasteiger partial charge in [0.2, 0.25) is 5.91 Å². The Balaban J connectivity index is 1.79. The average Bonchev–Trinajstić information content (AvgIpc) is 2.91. The van der Waals surface area contributed by atoms with E-state index >= 15 is 0 Å². The van der Waals surface area contributed by atoms with Crippen molar-refractivity contribution in [2.45, 2.75) is 54.8 Å². The van der Waals surface area contributed by atoms with Crippen LogP contribution in [0, 0.1) is 5.82 Å². The smallest absolute Gasteiger partial charge is 0.392 e. The highest BCUT2D eigenvalue weighted by Crippen LogP contribution is 2.51. The molecule has 0 saturated heterocycles. The van der Waals surface area contributed by atoms with Crippen LogP contribution >= 0.6 is 0 Å². The third-order valence-corrected chi connectivity index (χ3v) is 8.63. The number of fused-ring (bicyclic) bond motifs is 1. The van der Waals surface area contributed by atoms with Crippen molar-refractivity contribution >= 4 is 27.4 Å². The normalized spacial score (nSPS) is 16.2. The van der Waals surface area contributed by atoms with E-state index in [2.05, 4.69) is 10.3 Å². The second-order valence-corrected chi connectivity index (χ2v) is 11.2. The minimum atomic E-state index is -6.16. The zero-order valence-corrected chi connectivity index (χ0v) is 22.1. The summed E-state index contributed by atoms with van der Waals surface area (Å²) in [6, 6.07) is 6.74. The van der Waals surface area contributed by atoms with Crippen LogP contribution in [0.4, 0.5) is 42.2 Å². The third-order valence-electron chi connectivity index (χ3n) is 6.74. The second kappa shape index (κ2) is 11.1. The lowest BCUT2D eigenvalue weighted by molar-refractivity contribution is -0.376. The van der Waals surface area contributed by atoms with Crippen LogP contribution in [0.2, 0.25) is 0 Å². The number of halogens is 7. The number of carbonyl (C=O) groups excluding carboxylic acids is 1. The molecular formula is C26H22F7N3O5S. The molecule has 0 fully saturated rings. The molecule has 0 aliphatic carbocycles. The van der Waals surface area contributed by atoms with Crippen LogP contribution in [0.3, 0.4) is 0 Å². The molecule has 226 valence electrons. The number of aliphatic hydroxyl groups excluding tert-OH is 1. The van der Waals surface area contributed by atoms with Crippen molar-refractivity contribution in [3.8, 4) is 0 Å². The molecule has 4 rings (SSSR count). The Labute approximate surface area is 234 Å². The fraction of sp³-hybridized carbons (Fsp3) is 0.308. The number of anilines is 2. The molecule has 8 nitrogen and oxygen atoms in total. The van der Waals surface area contributed by atoms with Gasteiger partial charge in [0.1, 0.15) is 11.6 Å². The number of carbonyl (C=O) groups is 1. The number of pyridine rings is 1. The Bertz CT molecular complexity index is 1560. The number of alkyl halides is 6. The summed E-state index contributed by atoms with van der Waals surface area (Å²) in [4.78, 5) is 16.4. The Morgan fingerprint density at radius 3 is 2.26 bits per heavy atom. The van der Waals surface area contributed by atoms with E-state index in [1.165, 1.54) is 18.3 Å². The van der Waals surface area contributed by atoms with E-state index in [1.54, 1.807) is 0 Å². The fourth-order valence-corrected chi connectivity index (χ4v) is 6.37. The third kappa shape index (κ3) is 5.65. The first-order chi connectivity index (χ1) is 19.5. The van der Waals surface area contributed by atoms with Crippen molar-refractivity contribution < 1.29 is 54.2 Å². The summed E-state index contributed by atoms with van der Waals surface area (Å²) >= 11 is 0. The highest BCUT2D eigenvalue weighted by molar-refractivity contribution is 7.92. The summed E-state index contributed by atoms with van der Waals surface area (Å²) in [6.07, 6.45) is -12.0. The second-order valence-electron chi connectivity index (χ2n) is 9.42. The zero-order valence-electron chi connectivity index (χ0n) is 21.2. The monoisotopic (exact) mass is 621 g/mol. The minimum absolute atomic E-state index is 0.00243. The quantitative estimate of drug-likeness (QED) is 0.333. The van der Waals surface area contributed by atoms with Gasteiger partial charge in [-0.3, -0.25) is 9.10 Å². The summed E-state index contributed by atoms with van der Waals surface area (Å²) < 4.78 is 123. The molecule has 0 bridgehead atoms. The molecule has 42 heavy (non-hydrogen) atoms. The highest BCUT2D eigenvalue weighted by atomic mass is 32.2. The van der Waals surface area contributed by atoms with Crippen molar-refractivity contribution in [3.05, 3.63) is 83.3 Å². The van der Waals surface area contributed by atoms with Gasteiger partial charge in [-0.25, -0.2) is 17.8 Å². The molecule has 3 aromatic rings. The predicted molar refractivity (Wildman–Crippen MR) is 134 cm³/mol. The van der Waals surface area contributed by atoms with Crippen LogP contribution in [0.15, 0.2) is 65.7 Å². The van der Waals surface area contributed by atoms with E-state index in [0.29, 0.717) is 22.5 Å². The van der Waals surface area contributed by atoms with Crippen molar-refractivity contribution in [1.82, 2.24) is 4.98 Å². The Morgan fingerprint density at radius 1 is 1.02 bits per heavy atom. The zero-order chi connectivity index (χ0) is 31.1. The molecule has 1 aliphatic heterocycles. The van der Waals surface area contributed by atoms with Gasteiger partial charge in [0, 0.05) is 23.7 Å². The molecule has 2 heterocycles. The van der Waals surface area contributed by atoms with Gasteiger partial charge in [-0.1, -0.05) is 18.2 Å². The number of hydrogen-bond acceptors (Lipinski definition) is 6. The fourth-order valence-electron chi connectivity index (χ4n) is 4.66. The van der Waals surface area contributed by atoms with Crippen molar-refractivity contribution in [2.75, 3.05) is 9.62 Å². The Morgan fingerprint density at radius 2 is 1.67 bits per heavy atom. The summed E-state index contributed by atoms with van der Waals surface area (Å²) in [5.41, 5.74) is -7.14. The summed E-state index contributed by atoms with van der Waals surface area (Å²) in [7, 11) is -4.65. The molecule has 1 aromatic heterocycles. The largest absolute Gasteiger partial charge is 0.430 e. The molecule has 1 aliphatic rings. The number of sulfonamides is 1. The number of aliphatic hydroxyl groups is 2. The topological polar surface area (TPSA) is 120 Å². The van der Waals surface area contributed by atoms with Gasteiger partial charge in [0.25, 0.3) is 15.6 Å². The maximum absolute atomic E-state index is 13.7. The first-order valence-corrected chi connectivity index (χ1v) is 13.6. The van der Waals surface area contributed by atoms with Gasteiger partial charge >= 0.3 is 12.4 Å². The predicted octanol–water partition coefficient (Wildman–Crippen LogP) is 4.56. The average molecular weight is 622 g/mol. The van der Waals surface area contributed by atoms with Crippen LogP contribution < -0.4 is 9.62 Å². The van der Waals surface area contributed by atoms with Crippen LogP contribution in [-0.4, -0.2) is 47.9 Å². The molecule has 1 atom stereocenters. The standard InChI is InChI=1S/C26H22F7N3O5S/c27-18-5-8-20(9-6-18)42(40,41)36-19(13-22(38)35-23-16(14-37)2-1-11-34-23)7-3-15-12-17(4-10-21(15)36)24(39,25(28,29)30)26(31,32)33/h1-2,4-6,8-12,19,37,39H,3,7,13-14H2,(H,34,35,38)/t19-/m0/s1. The van der Waals surface area contributed by atoms with Crippen LogP contribution in [0.5, 0.6) is 0 Å². The maximum Gasteiger partial charge on any atom is 0.430 e. The van der Waals surface area contributed by atoms with E-state index < -0.39 is 69.2 Å². The summed E-state index contributed by atoms with van der Waals surface area (Å²) in [5, 5.41) is 21.8. The first kappa shape index (κ1) is 31.2. The van der Waals surface area contributed by atoms with E-state index in [1.807, 2.05) is 0 Å². The van der Waals surface area contributed by atoms with Crippen LogP contribution in [0.1, 0.15) is 29.5 Å². The molecule has 1 amide bonds. The lowest BCUT2D eigenvalue weighted by Crippen LogP contribution is -2.54. The SMILES string of the molecule is O=C(C[C@@H]1CCc2cc(C(O)(C(F)(F)F)C(F)(F)F)ccc2N1S(=O)(=O)c1ccc(F)cc1)Nc1ncccc1CO. The number of hydrogen-bond donors (Lipinski definition) is 3.